The van der Waals surface area contributed by atoms with E-state index in [1.54, 1.807) is 7.11 Å². The summed E-state index contributed by atoms with van der Waals surface area (Å²) in [5.41, 5.74) is 2.59. The summed E-state index contributed by atoms with van der Waals surface area (Å²) in [5, 5.41) is 3.67. The third-order valence-electron chi connectivity index (χ3n) is 4.35. The number of benzene rings is 2. The summed E-state index contributed by atoms with van der Waals surface area (Å²) in [4.78, 5) is 2.52. The lowest BCUT2D eigenvalue weighted by molar-refractivity contribution is 0.319. The summed E-state index contributed by atoms with van der Waals surface area (Å²) < 4.78 is 6.53. The summed E-state index contributed by atoms with van der Waals surface area (Å²) >= 11 is 3.53. The molecular formula is C19H23BrN2O. The van der Waals surface area contributed by atoms with Crippen molar-refractivity contribution in [3.63, 3.8) is 0 Å². The molecule has 1 fully saturated rings. The Morgan fingerprint density at radius 2 is 2.04 bits per heavy atom. The largest absolute Gasteiger partial charge is 0.496 e. The lowest BCUT2D eigenvalue weighted by Crippen LogP contribution is -2.32. The van der Waals surface area contributed by atoms with Gasteiger partial charge in [0.2, 0.25) is 0 Å². The van der Waals surface area contributed by atoms with Gasteiger partial charge in [0, 0.05) is 42.3 Å². The second kappa shape index (κ2) is 7.95. The first-order chi connectivity index (χ1) is 11.2. The van der Waals surface area contributed by atoms with Gasteiger partial charge in [-0.2, -0.15) is 0 Å². The average Bonchev–Trinajstić information content (AvgIpc) is 3.01. The van der Waals surface area contributed by atoms with Crippen LogP contribution in [0.25, 0.3) is 0 Å². The maximum absolute atomic E-state index is 5.44. The van der Waals surface area contributed by atoms with Crippen LogP contribution in [0.4, 0.5) is 0 Å². The van der Waals surface area contributed by atoms with Crippen LogP contribution in [0, 0.1) is 0 Å². The summed E-state index contributed by atoms with van der Waals surface area (Å²) in [7, 11) is 1.73. The Hall–Kier alpha value is -1.36. The molecule has 122 valence electrons. The monoisotopic (exact) mass is 374 g/mol. The van der Waals surface area contributed by atoms with Gasteiger partial charge in [0.1, 0.15) is 5.75 Å². The zero-order valence-electron chi connectivity index (χ0n) is 13.5. The summed E-state index contributed by atoms with van der Waals surface area (Å²) in [6.45, 7) is 4.14. The Morgan fingerprint density at radius 1 is 1.22 bits per heavy atom. The molecule has 1 N–H and O–H groups in total. The van der Waals surface area contributed by atoms with E-state index >= 15 is 0 Å². The number of likely N-dealkylation sites (tertiary alicyclic amines) is 1. The number of halogens is 1. The topological polar surface area (TPSA) is 24.5 Å². The van der Waals surface area contributed by atoms with Crippen molar-refractivity contribution in [2.45, 2.75) is 25.6 Å². The number of nitrogens with zero attached hydrogens (tertiary/aromatic N) is 1. The second-order valence-corrected chi connectivity index (χ2v) is 6.96. The molecule has 1 unspecified atom stereocenters. The normalized spacial score (nSPS) is 18.3. The Morgan fingerprint density at radius 3 is 2.83 bits per heavy atom. The molecular weight excluding hydrogens is 352 g/mol. The van der Waals surface area contributed by atoms with Crippen LogP contribution in [-0.2, 0) is 13.1 Å². The third kappa shape index (κ3) is 4.56. The molecule has 0 radical (unpaired) electrons. The van der Waals surface area contributed by atoms with Crippen LogP contribution in [0.15, 0.2) is 53.0 Å². The quantitative estimate of drug-likeness (QED) is 0.831. The maximum Gasteiger partial charge on any atom is 0.123 e. The molecule has 1 aliphatic heterocycles. The minimum Gasteiger partial charge on any atom is -0.496 e. The van der Waals surface area contributed by atoms with Crippen molar-refractivity contribution < 1.29 is 4.74 Å². The molecule has 1 heterocycles. The van der Waals surface area contributed by atoms with Gasteiger partial charge in [-0.1, -0.05) is 46.3 Å². The summed E-state index contributed by atoms with van der Waals surface area (Å²) in [6.07, 6.45) is 1.20. The van der Waals surface area contributed by atoms with Crippen molar-refractivity contribution in [3.05, 3.63) is 64.1 Å². The van der Waals surface area contributed by atoms with Gasteiger partial charge in [-0.15, -0.1) is 0 Å². The molecule has 0 amide bonds. The first kappa shape index (κ1) is 16.5. The molecule has 0 spiro atoms. The van der Waals surface area contributed by atoms with Gasteiger partial charge in [-0.25, -0.2) is 0 Å². The van der Waals surface area contributed by atoms with Crippen molar-refractivity contribution in [1.29, 1.82) is 0 Å². The zero-order valence-corrected chi connectivity index (χ0v) is 15.1. The molecule has 23 heavy (non-hydrogen) atoms. The van der Waals surface area contributed by atoms with Crippen molar-refractivity contribution >= 4 is 15.9 Å². The van der Waals surface area contributed by atoms with Gasteiger partial charge in [0.15, 0.2) is 0 Å². The van der Waals surface area contributed by atoms with Gasteiger partial charge in [-0.3, -0.25) is 4.90 Å². The van der Waals surface area contributed by atoms with Crippen LogP contribution in [-0.4, -0.2) is 31.1 Å². The van der Waals surface area contributed by atoms with Crippen LogP contribution in [0.3, 0.4) is 0 Å². The van der Waals surface area contributed by atoms with E-state index in [0.29, 0.717) is 6.04 Å². The highest BCUT2D eigenvalue weighted by molar-refractivity contribution is 9.10. The Bertz CT molecular complexity index is 633. The zero-order chi connectivity index (χ0) is 16.1. The third-order valence-corrected chi connectivity index (χ3v) is 4.84. The van der Waals surface area contributed by atoms with Crippen LogP contribution in [0.5, 0.6) is 5.75 Å². The predicted octanol–water partition coefficient (Wildman–Crippen LogP) is 3.82. The van der Waals surface area contributed by atoms with E-state index in [2.05, 4.69) is 62.5 Å². The summed E-state index contributed by atoms with van der Waals surface area (Å²) in [5.74, 6) is 0.944. The van der Waals surface area contributed by atoms with Crippen molar-refractivity contribution in [1.82, 2.24) is 10.2 Å². The van der Waals surface area contributed by atoms with Crippen molar-refractivity contribution in [2.24, 2.45) is 0 Å². The van der Waals surface area contributed by atoms with Crippen LogP contribution in [0.1, 0.15) is 17.5 Å². The molecule has 0 saturated carbocycles. The highest BCUT2D eigenvalue weighted by atomic mass is 79.9. The molecule has 2 aromatic rings. The van der Waals surface area contributed by atoms with Gasteiger partial charge in [0.05, 0.1) is 7.11 Å². The molecule has 1 atom stereocenters. The van der Waals surface area contributed by atoms with E-state index in [4.69, 9.17) is 4.74 Å². The highest BCUT2D eigenvalue weighted by Gasteiger charge is 2.22. The molecule has 3 nitrogen and oxygen atoms in total. The minimum atomic E-state index is 0.544. The Balaban J connectivity index is 1.51. The average molecular weight is 375 g/mol. The first-order valence-corrected chi connectivity index (χ1v) is 8.86. The first-order valence-electron chi connectivity index (χ1n) is 8.06. The smallest absolute Gasteiger partial charge is 0.123 e. The lowest BCUT2D eigenvalue weighted by Gasteiger charge is -2.17. The predicted molar refractivity (Wildman–Crippen MR) is 97.7 cm³/mol. The number of ether oxygens (including phenoxy) is 1. The van der Waals surface area contributed by atoms with Gasteiger partial charge in [-0.05, 0) is 30.2 Å². The molecule has 4 heteroatoms. The van der Waals surface area contributed by atoms with E-state index in [-0.39, 0.29) is 0 Å². The van der Waals surface area contributed by atoms with Gasteiger partial charge >= 0.3 is 0 Å². The van der Waals surface area contributed by atoms with Crippen LogP contribution in [0.2, 0.25) is 0 Å². The number of hydrogen-bond acceptors (Lipinski definition) is 3. The fourth-order valence-corrected chi connectivity index (χ4v) is 3.53. The molecule has 0 bridgehead atoms. The van der Waals surface area contributed by atoms with Gasteiger partial charge < -0.3 is 10.1 Å². The van der Waals surface area contributed by atoms with E-state index in [1.807, 2.05) is 12.1 Å². The van der Waals surface area contributed by atoms with E-state index in [1.165, 1.54) is 17.5 Å². The minimum absolute atomic E-state index is 0.544. The van der Waals surface area contributed by atoms with E-state index in [0.717, 1.165) is 36.4 Å². The standard InChI is InChI=1S/C19H23BrN2O/c1-23-19-8-7-17(20)11-16(19)12-21-18-9-10-22(14-18)13-15-5-3-2-4-6-15/h2-8,11,18,21H,9-10,12-14H2,1H3. The molecule has 1 saturated heterocycles. The Labute approximate surface area is 146 Å². The van der Waals surface area contributed by atoms with Crippen LogP contribution >= 0.6 is 15.9 Å². The molecule has 2 aromatic carbocycles. The number of rotatable bonds is 6. The molecule has 0 aliphatic carbocycles. The van der Waals surface area contributed by atoms with Crippen LogP contribution < -0.4 is 10.1 Å². The fraction of sp³-hybridized carbons (Fsp3) is 0.368. The van der Waals surface area contributed by atoms with E-state index < -0.39 is 0 Å². The fourth-order valence-electron chi connectivity index (χ4n) is 3.12. The summed E-state index contributed by atoms with van der Waals surface area (Å²) in [6, 6.07) is 17.4. The Kier molecular flexibility index (Phi) is 5.70. The van der Waals surface area contributed by atoms with Gasteiger partial charge in [0.25, 0.3) is 0 Å². The number of methoxy groups -OCH3 is 1. The highest BCUT2D eigenvalue weighted by Crippen LogP contribution is 2.23. The number of hydrogen-bond donors (Lipinski definition) is 1. The van der Waals surface area contributed by atoms with Crippen molar-refractivity contribution in [2.75, 3.05) is 20.2 Å². The molecule has 0 aromatic heterocycles. The SMILES string of the molecule is COc1ccc(Br)cc1CNC1CCN(Cc2ccccc2)C1. The maximum atomic E-state index is 5.44. The molecule has 1 aliphatic rings. The lowest BCUT2D eigenvalue weighted by atomic mass is 10.2. The van der Waals surface area contributed by atoms with E-state index in [9.17, 15) is 0 Å². The molecule has 3 rings (SSSR count). The second-order valence-electron chi connectivity index (χ2n) is 6.04. The van der Waals surface area contributed by atoms with Crippen molar-refractivity contribution in [3.8, 4) is 5.75 Å². The number of nitrogens with one attached hydrogen (secondary N) is 1.